The average Bonchev–Trinajstić information content (AvgIpc) is 3.49. The molecule has 0 radical (unpaired) electrons. The van der Waals surface area contributed by atoms with Crippen LogP contribution in [0.25, 0.3) is 5.65 Å². The van der Waals surface area contributed by atoms with Crippen LogP contribution in [0.5, 0.6) is 0 Å². The molecule has 1 amide bonds. The van der Waals surface area contributed by atoms with E-state index < -0.39 is 0 Å². The van der Waals surface area contributed by atoms with Crippen LogP contribution in [0, 0.1) is 11.3 Å². The lowest BCUT2D eigenvalue weighted by atomic mass is 9.73. The normalized spacial score (nSPS) is 26.3. The van der Waals surface area contributed by atoms with Crippen LogP contribution in [-0.2, 0) is 11.3 Å². The molecule has 2 saturated heterocycles. The lowest BCUT2D eigenvalue weighted by molar-refractivity contribution is -0.139. The maximum Gasteiger partial charge on any atom is 0.258 e. The molecule has 4 heterocycles. The molecule has 3 fully saturated rings. The molecule has 6 nitrogen and oxygen atoms in total. The fraction of sp³-hybridized carbons (Fsp3) is 0.591. The third kappa shape index (κ3) is 3.58. The number of hydrogen-bond acceptors (Lipinski definition) is 4. The number of hydrogen-bond donors (Lipinski definition) is 0. The Labute approximate surface area is 165 Å². The number of amides is 1. The van der Waals surface area contributed by atoms with Crippen LogP contribution in [0.3, 0.4) is 0 Å². The maximum atomic E-state index is 12.4. The molecule has 1 saturated carbocycles. The second kappa shape index (κ2) is 6.99. The van der Waals surface area contributed by atoms with E-state index >= 15 is 0 Å². The van der Waals surface area contributed by atoms with Crippen molar-refractivity contribution in [3.63, 3.8) is 0 Å². The smallest absolute Gasteiger partial charge is 0.258 e. The number of carbonyl (C=O) groups excluding carboxylic acids is 1. The van der Waals surface area contributed by atoms with E-state index in [0.29, 0.717) is 24.5 Å². The van der Waals surface area contributed by atoms with Gasteiger partial charge in [0.15, 0.2) is 0 Å². The summed E-state index contributed by atoms with van der Waals surface area (Å²) in [6.45, 7) is 4.61. The van der Waals surface area contributed by atoms with Gasteiger partial charge in [0.05, 0.1) is 5.69 Å². The van der Waals surface area contributed by atoms with Crippen LogP contribution in [-0.4, -0.2) is 51.3 Å². The summed E-state index contributed by atoms with van der Waals surface area (Å²) >= 11 is 0. The summed E-state index contributed by atoms with van der Waals surface area (Å²) in [5.74, 6) is 1.09. The first kappa shape index (κ1) is 17.9. The second-order valence-corrected chi connectivity index (χ2v) is 9.05. The molecule has 6 heteroatoms. The Bertz CT molecular complexity index is 951. The minimum atomic E-state index is -0.0220. The standard InChI is InChI=1S/C22H28N4O2/c27-20-7-9-22(16-25(20)13-17-5-6-17)8-3-10-24(15-22)14-18-12-21(28)26-11-2-1-4-19(26)23-18/h1-2,4,11-12,17H,3,5-10,13-16H2. The highest BCUT2D eigenvalue weighted by Crippen LogP contribution is 2.40. The quantitative estimate of drug-likeness (QED) is 0.817. The molecule has 1 spiro atoms. The van der Waals surface area contributed by atoms with E-state index in [1.54, 1.807) is 16.7 Å². The predicted octanol–water partition coefficient (Wildman–Crippen LogP) is 2.31. The van der Waals surface area contributed by atoms with Gasteiger partial charge in [0, 0.05) is 50.3 Å². The number of likely N-dealkylation sites (tertiary alicyclic amines) is 2. The number of rotatable bonds is 4. The molecule has 0 aromatic carbocycles. The van der Waals surface area contributed by atoms with Crippen molar-refractivity contribution in [1.29, 1.82) is 0 Å². The Hall–Kier alpha value is -2.21. The average molecular weight is 380 g/mol. The molecule has 0 N–H and O–H groups in total. The first-order chi connectivity index (χ1) is 13.6. The second-order valence-electron chi connectivity index (χ2n) is 9.05. The summed E-state index contributed by atoms with van der Waals surface area (Å²) in [6.07, 6.45) is 8.37. The summed E-state index contributed by atoms with van der Waals surface area (Å²) in [4.78, 5) is 34.0. The largest absolute Gasteiger partial charge is 0.342 e. The molecule has 2 aliphatic heterocycles. The van der Waals surface area contributed by atoms with E-state index in [-0.39, 0.29) is 11.0 Å². The molecule has 28 heavy (non-hydrogen) atoms. The van der Waals surface area contributed by atoms with Crippen molar-refractivity contribution in [2.75, 3.05) is 26.2 Å². The third-order valence-electron chi connectivity index (χ3n) is 6.67. The van der Waals surface area contributed by atoms with Crippen LogP contribution >= 0.6 is 0 Å². The van der Waals surface area contributed by atoms with Gasteiger partial charge in [-0.05, 0) is 56.7 Å². The van der Waals surface area contributed by atoms with Crippen molar-refractivity contribution in [3.05, 3.63) is 46.5 Å². The van der Waals surface area contributed by atoms with Crippen LogP contribution in [0.4, 0.5) is 0 Å². The molecular weight excluding hydrogens is 352 g/mol. The maximum absolute atomic E-state index is 12.4. The first-order valence-electron chi connectivity index (χ1n) is 10.6. The third-order valence-corrected chi connectivity index (χ3v) is 6.67. The van der Waals surface area contributed by atoms with Crippen molar-refractivity contribution in [2.45, 2.75) is 45.1 Å². The van der Waals surface area contributed by atoms with Crippen molar-refractivity contribution < 1.29 is 4.79 Å². The summed E-state index contributed by atoms with van der Waals surface area (Å²) in [6, 6.07) is 7.31. The topological polar surface area (TPSA) is 57.9 Å². The monoisotopic (exact) mass is 380 g/mol. The van der Waals surface area contributed by atoms with Gasteiger partial charge < -0.3 is 4.90 Å². The Morgan fingerprint density at radius 3 is 2.89 bits per heavy atom. The summed E-state index contributed by atoms with van der Waals surface area (Å²) in [7, 11) is 0. The Morgan fingerprint density at radius 2 is 2.04 bits per heavy atom. The zero-order chi connectivity index (χ0) is 19.1. The SMILES string of the molecule is O=C1CCC2(CCCN(Cc3cc(=O)n4ccccc4n3)C2)CN1CC1CC1. The van der Waals surface area contributed by atoms with Gasteiger partial charge >= 0.3 is 0 Å². The van der Waals surface area contributed by atoms with Gasteiger partial charge in [-0.25, -0.2) is 4.98 Å². The molecule has 2 aromatic rings. The lowest BCUT2D eigenvalue weighted by Gasteiger charge is -2.48. The number of piperidine rings is 2. The predicted molar refractivity (Wildman–Crippen MR) is 107 cm³/mol. The molecule has 1 atom stereocenters. The van der Waals surface area contributed by atoms with Gasteiger partial charge in [0.25, 0.3) is 5.56 Å². The molecule has 1 unspecified atom stereocenters. The molecule has 0 bridgehead atoms. The molecule has 5 rings (SSSR count). The molecule has 1 aliphatic carbocycles. The highest BCUT2D eigenvalue weighted by atomic mass is 16.2. The summed E-state index contributed by atoms with van der Waals surface area (Å²) in [5.41, 5.74) is 1.74. The first-order valence-corrected chi connectivity index (χ1v) is 10.6. The van der Waals surface area contributed by atoms with E-state index in [1.165, 1.54) is 19.3 Å². The number of fused-ring (bicyclic) bond motifs is 1. The highest BCUT2D eigenvalue weighted by molar-refractivity contribution is 5.77. The van der Waals surface area contributed by atoms with Gasteiger partial charge in [0.2, 0.25) is 5.91 Å². The van der Waals surface area contributed by atoms with Crippen molar-refractivity contribution >= 4 is 11.6 Å². The molecule has 2 aromatic heterocycles. The summed E-state index contributed by atoms with van der Waals surface area (Å²) in [5, 5.41) is 0. The lowest BCUT2D eigenvalue weighted by Crippen LogP contribution is -2.54. The minimum Gasteiger partial charge on any atom is -0.342 e. The van der Waals surface area contributed by atoms with Gasteiger partial charge in [-0.2, -0.15) is 0 Å². The Balaban J connectivity index is 1.31. The zero-order valence-corrected chi connectivity index (χ0v) is 16.3. The minimum absolute atomic E-state index is 0.0220. The van der Waals surface area contributed by atoms with Crippen molar-refractivity contribution in [3.8, 4) is 0 Å². The fourth-order valence-corrected chi connectivity index (χ4v) is 5.07. The summed E-state index contributed by atoms with van der Waals surface area (Å²) < 4.78 is 1.59. The molecular formula is C22H28N4O2. The van der Waals surface area contributed by atoms with Crippen molar-refractivity contribution in [1.82, 2.24) is 19.2 Å². The van der Waals surface area contributed by atoms with Crippen LogP contribution in [0.15, 0.2) is 35.3 Å². The van der Waals surface area contributed by atoms with E-state index in [4.69, 9.17) is 4.98 Å². The Kier molecular flexibility index (Phi) is 4.46. The highest BCUT2D eigenvalue weighted by Gasteiger charge is 2.42. The van der Waals surface area contributed by atoms with Crippen molar-refractivity contribution in [2.24, 2.45) is 11.3 Å². The number of carbonyl (C=O) groups is 1. The molecule has 3 aliphatic rings. The number of pyridine rings is 1. The van der Waals surface area contributed by atoms with Gasteiger partial charge in [-0.1, -0.05) is 6.07 Å². The van der Waals surface area contributed by atoms with E-state index in [0.717, 1.165) is 50.6 Å². The Morgan fingerprint density at radius 1 is 1.14 bits per heavy atom. The van der Waals surface area contributed by atoms with Gasteiger partial charge in [-0.15, -0.1) is 0 Å². The van der Waals surface area contributed by atoms with E-state index in [1.807, 2.05) is 18.2 Å². The zero-order valence-electron chi connectivity index (χ0n) is 16.3. The fourth-order valence-electron chi connectivity index (χ4n) is 5.07. The van der Waals surface area contributed by atoms with Crippen LogP contribution < -0.4 is 5.56 Å². The number of aromatic nitrogens is 2. The van der Waals surface area contributed by atoms with Crippen LogP contribution in [0.2, 0.25) is 0 Å². The van der Waals surface area contributed by atoms with Crippen LogP contribution in [0.1, 0.15) is 44.2 Å². The van der Waals surface area contributed by atoms with Gasteiger partial charge in [-0.3, -0.25) is 18.9 Å². The van der Waals surface area contributed by atoms with Gasteiger partial charge in [0.1, 0.15) is 5.65 Å². The van der Waals surface area contributed by atoms with E-state index in [2.05, 4.69) is 9.80 Å². The van der Waals surface area contributed by atoms with E-state index in [9.17, 15) is 9.59 Å². The number of nitrogens with zero attached hydrogens (tertiary/aromatic N) is 4. The molecule has 148 valence electrons.